The number of fused-ring (bicyclic) bond motifs is 1. The lowest BCUT2D eigenvalue weighted by molar-refractivity contribution is -0.121. The lowest BCUT2D eigenvalue weighted by Gasteiger charge is -2.14. The Kier molecular flexibility index (Phi) is 6.78. The van der Waals surface area contributed by atoms with Crippen molar-refractivity contribution < 1.29 is 9.53 Å². The van der Waals surface area contributed by atoms with Crippen molar-refractivity contribution in [2.24, 2.45) is 0 Å². The highest BCUT2D eigenvalue weighted by Gasteiger charge is 2.13. The minimum absolute atomic E-state index is 0.113. The number of nitrogens with one attached hydrogen (secondary N) is 2. The first-order valence-electron chi connectivity index (χ1n) is 10.3. The second-order valence-corrected chi connectivity index (χ2v) is 8.69. The number of amides is 1. The van der Waals surface area contributed by atoms with Crippen molar-refractivity contribution >= 4 is 50.5 Å². The van der Waals surface area contributed by atoms with Gasteiger partial charge in [0.1, 0.15) is 10.8 Å². The summed E-state index contributed by atoms with van der Waals surface area (Å²) in [6, 6.07) is 21.7. The van der Waals surface area contributed by atoms with Crippen LogP contribution in [0.4, 0.5) is 5.69 Å². The number of aryl methyl sites for hydroxylation is 1. The number of thiocarbonyl (C=S) groups is 1. The maximum absolute atomic E-state index is 12.2. The van der Waals surface area contributed by atoms with E-state index >= 15 is 0 Å². The summed E-state index contributed by atoms with van der Waals surface area (Å²) in [7, 11) is 0. The van der Waals surface area contributed by atoms with E-state index in [1.54, 1.807) is 11.3 Å². The number of hydrogen-bond donors (Lipinski definition) is 2. The van der Waals surface area contributed by atoms with Crippen LogP contribution >= 0.6 is 23.6 Å². The van der Waals surface area contributed by atoms with Gasteiger partial charge in [-0.3, -0.25) is 10.1 Å². The van der Waals surface area contributed by atoms with E-state index in [9.17, 15) is 4.79 Å². The van der Waals surface area contributed by atoms with E-state index in [0.717, 1.165) is 38.5 Å². The number of thiazole rings is 1. The summed E-state index contributed by atoms with van der Waals surface area (Å²) in [4.78, 5) is 17.0. The van der Waals surface area contributed by atoms with Crippen molar-refractivity contribution in [1.82, 2.24) is 10.3 Å². The fourth-order valence-corrected chi connectivity index (χ4v) is 4.55. The van der Waals surface area contributed by atoms with Crippen LogP contribution in [0.25, 0.3) is 20.8 Å². The van der Waals surface area contributed by atoms with E-state index in [-0.39, 0.29) is 17.6 Å². The Labute approximate surface area is 196 Å². The quantitative estimate of drug-likeness (QED) is 0.359. The van der Waals surface area contributed by atoms with Crippen LogP contribution in [0.3, 0.4) is 0 Å². The van der Waals surface area contributed by atoms with E-state index in [2.05, 4.69) is 23.6 Å². The number of carbonyl (C=O) groups is 1. The third kappa shape index (κ3) is 5.12. The average Bonchev–Trinajstić information content (AvgIpc) is 3.23. The number of nitrogens with zero attached hydrogens (tertiary/aromatic N) is 1. The molecule has 0 saturated carbocycles. The highest BCUT2D eigenvalue weighted by atomic mass is 32.1. The maximum Gasteiger partial charge on any atom is 0.264 e. The third-order valence-electron chi connectivity index (χ3n) is 5.06. The van der Waals surface area contributed by atoms with Crippen LogP contribution in [-0.4, -0.2) is 22.6 Å². The molecule has 0 spiro atoms. The molecular formula is C25H23N3O2S2. The molecule has 3 aromatic carbocycles. The fraction of sp³-hybridized carbons (Fsp3) is 0.160. The molecule has 1 heterocycles. The Bertz CT molecular complexity index is 1230. The summed E-state index contributed by atoms with van der Waals surface area (Å²) in [5, 5.41) is 6.97. The van der Waals surface area contributed by atoms with Crippen LogP contribution in [-0.2, 0) is 11.2 Å². The number of ether oxygens (including phenoxy) is 1. The SMILES string of the molecule is CCc1ccc(OCC(=O)NC(=S)Nc2cccc(-c3nc4ccccc4s3)c2C)cc1. The monoisotopic (exact) mass is 461 g/mol. The standard InChI is InChI=1S/C25H23N3O2S2/c1-3-17-11-13-18(14-12-17)30-15-23(29)28-25(31)27-20-9-6-7-19(16(20)2)24-26-21-8-4-5-10-22(21)32-24/h4-14H,3,15H2,1-2H3,(H2,27,28,29,31). The Hall–Kier alpha value is -3.29. The zero-order chi connectivity index (χ0) is 22.5. The highest BCUT2D eigenvalue weighted by Crippen LogP contribution is 2.34. The van der Waals surface area contributed by atoms with E-state index in [0.29, 0.717) is 5.75 Å². The van der Waals surface area contributed by atoms with Gasteiger partial charge in [0, 0.05) is 11.3 Å². The Morgan fingerprint density at radius 2 is 1.84 bits per heavy atom. The first kappa shape index (κ1) is 21.9. The molecule has 1 amide bonds. The van der Waals surface area contributed by atoms with Gasteiger partial charge in [-0.05, 0) is 67.0 Å². The molecule has 0 unspecified atom stereocenters. The molecule has 4 aromatic rings. The molecule has 0 fully saturated rings. The fourth-order valence-electron chi connectivity index (χ4n) is 3.28. The van der Waals surface area contributed by atoms with Crippen molar-refractivity contribution in [3.63, 3.8) is 0 Å². The van der Waals surface area contributed by atoms with Gasteiger partial charge in [0.2, 0.25) is 0 Å². The van der Waals surface area contributed by atoms with Gasteiger partial charge in [0.25, 0.3) is 5.91 Å². The molecule has 2 N–H and O–H groups in total. The predicted molar refractivity (Wildman–Crippen MR) is 135 cm³/mol. The molecule has 32 heavy (non-hydrogen) atoms. The molecule has 4 rings (SSSR count). The topological polar surface area (TPSA) is 63.2 Å². The van der Waals surface area contributed by atoms with E-state index < -0.39 is 0 Å². The summed E-state index contributed by atoms with van der Waals surface area (Å²) in [6.07, 6.45) is 0.959. The number of hydrogen-bond acceptors (Lipinski definition) is 5. The van der Waals surface area contributed by atoms with Gasteiger partial charge in [0.05, 0.1) is 10.2 Å². The van der Waals surface area contributed by atoms with Gasteiger partial charge in [-0.2, -0.15) is 0 Å². The zero-order valence-electron chi connectivity index (χ0n) is 17.8. The molecule has 0 bridgehead atoms. The third-order valence-corrected chi connectivity index (χ3v) is 6.33. The van der Waals surface area contributed by atoms with Gasteiger partial charge in [-0.25, -0.2) is 4.98 Å². The first-order valence-corrected chi connectivity index (χ1v) is 11.5. The Balaban J connectivity index is 1.38. The van der Waals surface area contributed by atoms with Crippen molar-refractivity contribution in [3.05, 3.63) is 77.9 Å². The molecule has 162 valence electrons. The average molecular weight is 462 g/mol. The van der Waals surface area contributed by atoms with E-state index in [1.807, 2.05) is 67.6 Å². The second-order valence-electron chi connectivity index (χ2n) is 7.25. The minimum Gasteiger partial charge on any atom is -0.484 e. The lowest BCUT2D eigenvalue weighted by atomic mass is 10.1. The van der Waals surface area contributed by atoms with Gasteiger partial charge in [-0.1, -0.05) is 43.3 Å². The summed E-state index contributed by atoms with van der Waals surface area (Å²) in [5.41, 5.74) is 5.07. The summed E-state index contributed by atoms with van der Waals surface area (Å²) >= 11 is 6.99. The van der Waals surface area contributed by atoms with Crippen molar-refractivity contribution in [2.75, 3.05) is 11.9 Å². The molecular weight excluding hydrogens is 438 g/mol. The number of rotatable bonds is 6. The summed E-state index contributed by atoms with van der Waals surface area (Å²) in [6.45, 7) is 3.99. The van der Waals surface area contributed by atoms with Crippen LogP contribution in [0.2, 0.25) is 0 Å². The number of carbonyl (C=O) groups excluding carboxylic acids is 1. The van der Waals surface area contributed by atoms with E-state index in [1.165, 1.54) is 5.56 Å². The van der Waals surface area contributed by atoms with Crippen LogP contribution in [0.1, 0.15) is 18.1 Å². The normalized spacial score (nSPS) is 10.7. The molecule has 5 nitrogen and oxygen atoms in total. The van der Waals surface area contributed by atoms with E-state index in [4.69, 9.17) is 21.9 Å². The predicted octanol–water partition coefficient (Wildman–Crippen LogP) is 5.73. The minimum atomic E-state index is -0.318. The highest BCUT2D eigenvalue weighted by molar-refractivity contribution is 7.80. The number of para-hydroxylation sites is 1. The van der Waals surface area contributed by atoms with Crippen LogP contribution in [0, 0.1) is 6.92 Å². The molecule has 0 aliphatic heterocycles. The molecule has 0 radical (unpaired) electrons. The summed E-state index contributed by atoms with van der Waals surface area (Å²) in [5.74, 6) is 0.331. The first-order chi connectivity index (χ1) is 15.5. The Morgan fingerprint density at radius 3 is 2.59 bits per heavy atom. The maximum atomic E-state index is 12.2. The van der Waals surface area contributed by atoms with Crippen molar-refractivity contribution in [2.45, 2.75) is 20.3 Å². The smallest absolute Gasteiger partial charge is 0.264 e. The number of benzene rings is 3. The summed E-state index contributed by atoms with van der Waals surface area (Å²) < 4.78 is 6.69. The molecule has 1 aromatic heterocycles. The van der Waals surface area contributed by atoms with Gasteiger partial charge >= 0.3 is 0 Å². The van der Waals surface area contributed by atoms with Crippen LogP contribution in [0.15, 0.2) is 66.7 Å². The molecule has 0 aliphatic rings. The molecule has 0 atom stereocenters. The van der Waals surface area contributed by atoms with Gasteiger partial charge in [-0.15, -0.1) is 11.3 Å². The Morgan fingerprint density at radius 1 is 1.06 bits per heavy atom. The number of anilines is 1. The largest absolute Gasteiger partial charge is 0.484 e. The molecule has 7 heteroatoms. The lowest BCUT2D eigenvalue weighted by Crippen LogP contribution is -2.37. The van der Waals surface area contributed by atoms with Gasteiger partial charge < -0.3 is 10.1 Å². The van der Waals surface area contributed by atoms with Crippen LogP contribution in [0.5, 0.6) is 5.75 Å². The van der Waals surface area contributed by atoms with Crippen molar-refractivity contribution in [3.8, 4) is 16.3 Å². The van der Waals surface area contributed by atoms with Gasteiger partial charge in [0.15, 0.2) is 11.7 Å². The number of aromatic nitrogens is 1. The molecule has 0 saturated heterocycles. The van der Waals surface area contributed by atoms with Crippen molar-refractivity contribution in [1.29, 1.82) is 0 Å². The van der Waals surface area contributed by atoms with Crippen LogP contribution < -0.4 is 15.4 Å². The second kappa shape index (κ2) is 9.89. The zero-order valence-corrected chi connectivity index (χ0v) is 19.5. The molecule has 0 aliphatic carbocycles.